The van der Waals surface area contributed by atoms with Gasteiger partial charge in [-0.15, -0.1) is 11.6 Å². The minimum atomic E-state index is -0.260. The van der Waals surface area contributed by atoms with Gasteiger partial charge in [0.15, 0.2) is 0 Å². The van der Waals surface area contributed by atoms with E-state index in [2.05, 4.69) is 4.98 Å². The molecule has 0 saturated carbocycles. The van der Waals surface area contributed by atoms with E-state index in [0.717, 1.165) is 11.3 Å². The molecule has 0 amide bonds. The summed E-state index contributed by atoms with van der Waals surface area (Å²) in [5.41, 5.74) is 1.69. The third-order valence-corrected chi connectivity index (χ3v) is 2.73. The lowest BCUT2D eigenvalue weighted by atomic mass is 10.1. The molecule has 0 aliphatic carbocycles. The van der Waals surface area contributed by atoms with E-state index >= 15 is 0 Å². The zero-order chi connectivity index (χ0) is 11.4. The Morgan fingerprint density at radius 2 is 2.06 bits per heavy atom. The van der Waals surface area contributed by atoms with E-state index in [1.807, 2.05) is 24.3 Å². The molecule has 1 atom stereocenters. The molecule has 0 saturated heterocycles. The van der Waals surface area contributed by atoms with Crippen molar-refractivity contribution < 1.29 is 4.39 Å². The fraction of sp³-hybridized carbons (Fsp3) is 0.154. The zero-order valence-electron chi connectivity index (χ0n) is 8.61. The summed E-state index contributed by atoms with van der Waals surface area (Å²) < 4.78 is 13.0. The lowest BCUT2D eigenvalue weighted by Gasteiger charge is -2.09. The van der Waals surface area contributed by atoms with Gasteiger partial charge >= 0.3 is 0 Å². The Hall–Kier alpha value is -1.41. The minimum Gasteiger partial charge on any atom is -0.261 e. The summed E-state index contributed by atoms with van der Waals surface area (Å²) >= 11 is 6.21. The van der Waals surface area contributed by atoms with Crippen LogP contribution in [0.2, 0.25) is 0 Å². The molecule has 0 aliphatic heterocycles. The van der Waals surface area contributed by atoms with E-state index in [4.69, 9.17) is 11.6 Å². The van der Waals surface area contributed by atoms with E-state index in [-0.39, 0.29) is 11.2 Å². The number of alkyl halides is 1. The fourth-order valence-electron chi connectivity index (χ4n) is 1.52. The molecule has 82 valence electrons. The van der Waals surface area contributed by atoms with Gasteiger partial charge in [-0.3, -0.25) is 4.98 Å². The fourth-order valence-corrected chi connectivity index (χ4v) is 1.82. The largest absolute Gasteiger partial charge is 0.261 e. The van der Waals surface area contributed by atoms with Crippen LogP contribution in [0.25, 0.3) is 0 Å². The molecule has 3 heteroatoms. The average molecular weight is 236 g/mol. The molecule has 2 rings (SSSR count). The Labute approximate surface area is 98.9 Å². The molecule has 16 heavy (non-hydrogen) atoms. The maximum Gasteiger partial charge on any atom is 0.123 e. The van der Waals surface area contributed by atoms with Crippen molar-refractivity contribution in [1.82, 2.24) is 4.98 Å². The van der Waals surface area contributed by atoms with Crippen LogP contribution in [0.4, 0.5) is 4.39 Å². The molecule has 1 aromatic heterocycles. The first kappa shape index (κ1) is 11.1. The highest BCUT2D eigenvalue weighted by atomic mass is 35.5. The molecule has 0 N–H and O–H groups in total. The Bertz CT molecular complexity index is 458. The van der Waals surface area contributed by atoms with Gasteiger partial charge in [-0.05, 0) is 29.8 Å². The molecule has 0 aliphatic rings. The van der Waals surface area contributed by atoms with E-state index in [0.29, 0.717) is 6.42 Å². The molecule has 1 aromatic carbocycles. The quantitative estimate of drug-likeness (QED) is 0.739. The number of benzene rings is 1. The third kappa shape index (κ3) is 2.80. The first-order chi connectivity index (χ1) is 7.75. The maximum atomic E-state index is 13.0. The van der Waals surface area contributed by atoms with Crippen molar-refractivity contribution in [3.05, 3.63) is 65.7 Å². The van der Waals surface area contributed by atoms with Crippen LogP contribution < -0.4 is 0 Å². The molecule has 0 bridgehead atoms. The highest BCUT2D eigenvalue weighted by Crippen LogP contribution is 2.24. The predicted molar refractivity (Wildman–Crippen MR) is 62.9 cm³/mol. The van der Waals surface area contributed by atoms with E-state index in [9.17, 15) is 4.39 Å². The number of rotatable bonds is 3. The van der Waals surface area contributed by atoms with Crippen molar-refractivity contribution in [3.63, 3.8) is 0 Å². The average Bonchev–Trinajstić information content (AvgIpc) is 2.30. The second kappa shape index (κ2) is 5.08. The van der Waals surface area contributed by atoms with Gasteiger partial charge in [0.05, 0.1) is 5.38 Å². The standard InChI is InChI=1S/C13H11ClFN/c14-13(9-12-6-1-2-7-16-12)10-4-3-5-11(15)8-10/h1-8,13H,9H2. The van der Waals surface area contributed by atoms with Crippen molar-refractivity contribution in [2.75, 3.05) is 0 Å². The van der Waals surface area contributed by atoms with Crippen LogP contribution in [0.3, 0.4) is 0 Å². The lowest BCUT2D eigenvalue weighted by molar-refractivity contribution is 0.624. The predicted octanol–water partition coefficient (Wildman–Crippen LogP) is 3.74. The van der Waals surface area contributed by atoms with Crippen LogP contribution >= 0.6 is 11.6 Å². The minimum absolute atomic E-state index is 0.245. The second-order valence-electron chi connectivity index (χ2n) is 3.55. The molecule has 0 spiro atoms. The van der Waals surface area contributed by atoms with Crippen molar-refractivity contribution >= 4 is 11.6 Å². The van der Waals surface area contributed by atoms with Gasteiger partial charge in [0.2, 0.25) is 0 Å². The van der Waals surface area contributed by atoms with Gasteiger partial charge in [0, 0.05) is 18.3 Å². The number of nitrogens with zero attached hydrogens (tertiary/aromatic N) is 1. The Morgan fingerprint density at radius 1 is 1.19 bits per heavy atom. The van der Waals surface area contributed by atoms with Crippen LogP contribution in [-0.4, -0.2) is 4.98 Å². The van der Waals surface area contributed by atoms with Crippen molar-refractivity contribution in [2.45, 2.75) is 11.8 Å². The van der Waals surface area contributed by atoms with Gasteiger partial charge in [-0.2, -0.15) is 0 Å². The number of hydrogen-bond acceptors (Lipinski definition) is 1. The summed E-state index contributed by atoms with van der Waals surface area (Å²) in [6.45, 7) is 0. The molecular weight excluding hydrogens is 225 g/mol. The maximum absolute atomic E-state index is 13.0. The van der Waals surface area contributed by atoms with Gasteiger partial charge in [-0.25, -0.2) is 4.39 Å². The smallest absolute Gasteiger partial charge is 0.123 e. The number of halogens is 2. The Kier molecular flexibility index (Phi) is 3.52. The highest BCUT2D eigenvalue weighted by molar-refractivity contribution is 6.20. The summed E-state index contributed by atoms with van der Waals surface area (Å²) in [6, 6.07) is 12.0. The van der Waals surface area contributed by atoms with Crippen molar-refractivity contribution in [1.29, 1.82) is 0 Å². The molecule has 1 heterocycles. The summed E-state index contributed by atoms with van der Waals surface area (Å²) in [5.74, 6) is -0.260. The summed E-state index contributed by atoms with van der Waals surface area (Å²) in [5, 5.41) is -0.245. The number of aromatic nitrogens is 1. The van der Waals surface area contributed by atoms with Crippen LogP contribution in [0, 0.1) is 5.82 Å². The normalized spacial score (nSPS) is 12.4. The molecule has 1 unspecified atom stereocenters. The highest BCUT2D eigenvalue weighted by Gasteiger charge is 2.09. The van der Waals surface area contributed by atoms with E-state index < -0.39 is 0 Å². The Balaban J connectivity index is 2.12. The van der Waals surface area contributed by atoms with E-state index in [1.54, 1.807) is 12.3 Å². The number of pyridine rings is 1. The SMILES string of the molecule is Fc1cccc(C(Cl)Cc2ccccn2)c1. The van der Waals surface area contributed by atoms with Gasteiger partial charge in [-0.1, -0.05) is 18.2 Å². The van der Waals surface area contributed by atoms with Gasteiger partial charge in [0.25, 0.3) is 0 Å². The van der Waals surface area contributed by atoms with Crippen LogP contribution in [-0.2, 0) is 6.42 Å². The Morgan fingerprint density at radius 3 is 2.75 bits per heavy atom. The number of hydrogen-bond donors (Lipinski definition) is 0. The van der Waals surface area contributed by atoms with Crippen LogP contribution in [0.15, 0.2) is 48.7 Å². The monoisotopic (exact) mass is 235 g/mol. The van der Waals surface area contributed by atoms with Crippen molar-refractivity contribution in [2.24, 2.45) is 0 Å². The third-order valence-electron chi connectivity index (χ3n) is 2.32. The zero-order valence-corrected chi connectivity index (χ0v) is 9.36. The first-order valence-electron chi connectivity index (χ1n) is 5.05. The molecule has 2 aromatic rings. The summed E-state index contributed by atoms with van der Waals surface area (Å²) in [7, 11) is 0. The topological polar surface area (TPSA) is 12.9 Å². The van der Waals surface area contributed by atoms with Crippen molar-refractivity contribution in [3.8, 4) is 0 Å². The van der Waals surface area contributed by atoms with E-state index in [1.165, 1.54) is 12.1 Å². The molecule has 0 radical (unpaired) electrons. The molecule has 1 nitrogen and oxygen atoms in total. The van der Waals surface area contributed by atoms with Crippen LogP contribution in [0.5, 0.6) is 0 Å². The first-order valence-corrected chi connectivity index (χ1v) is 5.49. The molecule has 0 fully saturated rings. The van der Waals surface area contributed by atoms with Gasteiger partial charge < -0.3 is 0 Å². The molecular formula is C13H11ClFN. The van der Waals surface area contributed by atoms with Gasteiger partial charge in [0.1, 0.15) is 5.82 Å². The second-order valence-corrected chi connectivity index (χ2v) is 4.07. The van der Waals surface area contributed by atoms with Crippen LogP contribution in [0.1, 0.15) is 16.6 Å². The summed E-state index contributed by atoms with van der Waals surface area (Å²) in [6.07, 6.45) is 2.33. The lowest BCUT2D eigenvalue weighted by Crippen LogP contribution is -1.98. The summed E-state index contributed by atoms with van der Waals surface area (Å²) in [4.78, 5) is 4.19.